The van der Waals surface area contributed by atoms with Gasteiger partial charge in [0.25, 0.3) is 0 Å². The summed E-state index contributed by atoms with van der Waals surface area (Å²) in [5.74, 6) is 1.11. The molecule has 18 heavy (non-hydrogen) atoms. The van der Waals surface area contributed by atoms with Crippen LogP contribution in [0.4, 0.5) is 0 Å². The summed E-state index contributed by atoms with van der Waals surface area (Å²) in [5.41, 5.74) is 2.83. The Morgan fingerprint density at radius 1 is 1.06 bits per heavy atom. The Bertz CT molecular complexity index is 503. The van der Waals surface area contributed by atoms with Crippen LogP contribution in [0, 0.1) is 0 Å². The average Bonchev–Trinajstić information content (AvgIpc) is 2.44. The molecule has 1 aliphatic rings. The zero-order valence-corrected chi connectivity index (χ0v) is 10.8. The standard InChI is InChI=1S/C14H16O4/c1-16-12-7-9-4-5-10(14(15)18-3)6-11(9)8-13(12)17-2/h6-8H,4-5H2,1-3H3. The third-order valence-corrected chi connectivity index (χ3v) is 3.09. The number of esters is 1. The lowest BCUT2D eigenvalue weighted by molar-refractivity contribution is -0.136. The number of benzene rings is 1. The highest BCUT2D eigenvalue weighted by molar-refractivity contribution is 5.94. The van der Waals surface area contributed by atoms with E-state index in [0.717, 1.165) is 17.5 Å². The van der Waals surface area contributed by atoms with Crippen LogP contribution in [0.15, 0.2) is 17.7 Å². The lowest BCUT2D eigenvalue weighted by Crippen LogP contribution is -2.10. The Labute approximate surface area is 106 Å². The molecule has 1 aromatic rings. The molecule has 1 aliphatic carbocycles. The van der Waals surface area contributed by atoms with Crippen LogP contribution in [-0.4, -0.2) is 27.3 Å². The molecule has 0 fully saturated rings. The van der Waals surface area contributed by atoms with E-state index in [9.17, 15) is 4.79 Å². The summed E-state index contributed by atoms with van der Waals surface area (Å²) in [6.45, 7) is 0. The van der Waals surface area contributed by atoms with Gasteiger partial charge in [0.05, 0.1) is 21.3 Å². The van der Waals surface area contributed by atoms with Gasteiger partial charge < -0.3 is 14.2 Å². The number of carbonyl (C=O) groups excluding carboxylic acids is 1. The molecule has 4 nitrogen and oxygen atoms in total. The van der Waals surface area contributed by atoms with E-state index in [4.69, 9.17) is 14.2 Å². The van der Waals surface area contributed by atoms with Crippen LogP contribution in [0.25, 0.3) is 6.08 Å². The van der Waals surface area contributed by atoms with Gasteiger partial charge in [-0.3, -0.25) is 0 Å². The summed E-state index contributed by atoms with van der Waals surface area (Å²) in [6.07, 6.45) is 3.35. The van der Waals surface area contributed by atoms with Crippen LogP contribution in [0.1, 0.15) is 17.5 Å². The van der Waals surface area contributed by atoms with Gasteiger partial charge in [-0.2, -0.15) is 0 Å². The average molecular weight is 248 g/mol. The van der Waals surface area contributed by atoms with E-state index in [1.165, 1.54) is 7.11 Å². The molecule has 0 aromatic heterocycles. The second-order valence-corrected chi connectivity index (χ2v) is 4.07. The lowest BCUT2D eigenvalue weighted by Gasteiger charge is -2.17. The first-order chi connectivity index (χ1) is 8.69. The number of hydrogen-bond acceptors (Lipinski definition) is 4. The van der Waals surface area contributed by atoms with Gasteiger partial charge in [0.2, 0.25) is 0 Å². The van der Waals surface area contributed by atoms with Gasteiger partial charge in [0.1, 0.15) is 0 Å². The lowest BCUT2D eigenvalue weighted by atomic mass is 9.92. The molecule has 4 heteroatoms. The van der Waals surface area contributed by atoms with Gasteiger partial charge >= 0.3 is 5.97 Å². The summed E-state index contributed by atoms with van der Waals surface area (Å²) in [5, 5.41) is 0. The SMILES string of the molecule is COC(=O)C1=Cc2cc(OC)c(OC)cc2CC1. The molecule has 0 atom stereocenters. The molecule has 0 saturated heterocycles. The number of methoxy groups -OCH3 is 3. The molecule has 0 heterocycles. The van der Waals surface area contributed by atoms with Crippen molar-refractivity contribution in [1.29, 1.82) is 0 Å². The first kappa shape index (κ1) is 12.5. The normalized spacial score (nSPS) is 13.4. The van der Waals surface area contributed by atoms with E-state index in [1.54, 1.807) is 14.2 Å². The minimum absolute atomic E-state index is 0.268. The van der Waals surface area contributed by atoms with Gasteiger partial charge in [-0.15, -0.1) is 0 Å². The fraction of sp³-hybridized carbons (Fsp3) is 0.357. The number of rotatable bonds is 3. The fourth-order valence-electron chi connectivity index (χ4n) is 2.11. The quantitative estimate of drug-likeness (QED) is 0.769. The van der Waals surface area contributed by atoms with Crippen molar-refractivity contribution in [3.8, 4) is 11.5 Å². The van der Waals surface area contributed by atoms with Crippen LogP contribution in [-0.2, 0) is 16.0 Å². The van der Waals surface area contributed by atoms with Crippen molar-refractivity contribution in [2.45, 2.75) is 12.8 Å². The summed E-state index contributed by atoms with van der Waals surface area (Å²) < 4.78 is 15.3. The number of aryl methyl sites for hydroxylation is 1. The third-order valence-electron chi connectivity index (χ3n) is 3.09. The number of fused-ring (bicyclic) bond motifs is 1. The predicted molar refractivity (Wildman–Crippen MR) is 67.9 cm³/mol. The van der Waals surface area contributed by atoms with Crippen molar-refractivity contribution in [2.75, 3.05) is 21.3 Å². The van der Waals surface area contributed by atoms with Crippen molar-refractivity contribution in [3.63, 3.8) is 0 Å². The van der Waals surface area contributed by atoms with Crippen LogP contribution in [0.5, 0.6) is 11.5 Å². The molecule has 0 aliphatic heterocycles. The van der Waals surface area contributed by atoms with Gasteiger partial charge in [0.15, 0.2) is 11.5 Å². The van der Waals surface area contributed by atoms with Crippen LogP contribution < -0.4 is 9.47 Å². The predicted octanol–water partition coefficient (Wildman–Crippen LogP) is 2.21. The summed E-state index contributed by atoms with van der Waals surface area (Å²) in [7, 11) is 4.61. The second kappa shape index (κ2) is 5.12. The highest BCUT2D eigenvalue weighted by Crippen LogP contribution is 2.35. The molecule has 0 amide bonds. The van der Waals surface area contributed by atoms with Crippen molar-refractivity contribution in [3.05, 3.63) is 28.8 Å². The molecule has 0 spiro atoms. The first-order valence-corrected chi connectivity index (χ1v) is 5.73. The Hall–Kier alpha value is -1.97. The van der Waals surface area contributed by atoms with Crippen molar-refractivity contribution in [2.24, 2.45) is 0 Å². The molecule has 0 unspecified atom stereocenters. The van der Waals surface area contributed by atoms with E-state index < -0.39 is 0 Å². The smallest absolute Gasteiger partial charge is 0.333 e. The summed E-state index contributed by atoms with van der Waals surface area (Å²) in [4.78, 5) is 11.5. The minimum Gasteiger partial charge on any atom is -0.493 e. The molecular weight excluding hydrogens is 232 g/mol. The van der Waals surface area contributed by atoms with E-state index in [2.05, 4.69) is 0 Å². The molecule has 0 saturated carbocycles. The van der Waals surface area contributed by atoms with E-state index in [0.29, 0.717) is 23.5 Å². The summed E-state index contributed by atoms with van der Waals surface area (Å²) in [6, 6.07) is 3.84. The largest absolute Gasteiger partial charge is 0.493 e. The molecule has 2 rings (SSSR count). The van der Waals surface area contributed by atoms with Crippen molar-refractivity contribution >= 4 is 12.0 Å². The Kier molecular flexibility index (Phi) is 3.55. The maximum Gasteiger partial charge on any atom is 0.333 e. The van der Waals surface area contributed by atoms with Crippen LogP contribution >= 0.6 is 0 Å². The molecular formula is C14H16O4. The van der Waals surface area contributed by atoms with Crippen LogP contribution in [0.3, 0.4) is 0 Å². The molecule has 0 N–H and O–H groups in total. The highest BCUT2D eigenvalue weighted by atomic mass is 16.5. The van der Waals surface area contributed by atoms with E-state index >= 15 is 0 Å². The van der Waals surface area contributed by atoms with E-state index in [-0.39, 0.29) is 5.97 Å². The molecule has 0 radical (unpaired) electrons. The van der Waals surface area contributed by atoms with Crippen molar-refractivity contribution in [1.82, 2.24) is 0 Å². The van der Waals surface area contributed by atoms with Gasteiger partial charge in [0, 0.05) is 5.57 Å². The number of carbonyl (C=O) groups is 1. The maximum atomic E-state index is 11.5. The zero-order chi connectivity index (χ0) is 13.1. The highest BCUT2D eigenvalue weighted by Gasteiger charge is 2.18. The fourth-order valence-corrected chi connectivity index (χ4v) is 2.11. The monoisotopic (exact) mass is 248 g/mol. The minimum atomic E-state index is -0.268. The number of hydrogen-bond donors (Lipinski definition) is 0. The zero-order valence-electron chi connectivity index (χ0n) is 10.8. The first-order valence-electron chi connectivity index (χ1n) is 5.73. The maximum absolute atomic E-state index is 11.5. The molecule has 1 aromatic carbocycles. The molecule has 96 valence electrons. The Morgan fingerprint density at radius 2 is 1.72 bits per heavy atom. The second-order valence-electron chi connectivity index (χ2n) is 4.07. The Balaban J connectivity index is 2.44. The van der Waals surface area contributed by atoms with Gasteiger partial charge in [-0.1, -0.05) is 0 Å². The van der Waals surface area contributed by atoms with Crippen molar-refractivity contribution < 1.29 is 19.0 Å². The topological polar surface area (TPSA) is 44.8 Å². The van der Waals surface area contributed by atoms with Crippen LogP contribution in [0.2, 0.25) is 0 Å². The third kappa shape index (κ3) is 2.18. The van der Waals surface area contributed by atoms with Gasteiger partial charge in [-0.25, -0.2) is 4.79 Å². The summed E-state index contributed by atoms with van der Waals surface area (Å²) >= 11 is 0. The number of ether oxygens (including phenoxy) is 3. The Morgan fingerprint density at radius 3 is 2.33 bits per heavy atom. The van der Waals surface area contributed by atoms with E-state index in [1.807, 2.05) is 18.2 Å². The molecule has 0 bridgehead atoms. The van der Waals surface area contributed by atoms with Gasteiger partial charge in [-0.05, 0) is 42.2 Å².